The Hall–Kier alpha value is -1.98. The first-order valence-electron chi connectivity index (χ1n) is 5.58. The molecule has 0 aliphatic carbocycles. The molecule has 1 N–H and O–H groups in total. The lowest BCUT2D eigenvalue weighted by molar-refractivity contribution is 0.429. The maximum Gasteiger partial charge on any atom is 0.321 e. The quantitative estimate of drug-likeness (QED) is 0.909. The number of halogens is 2. The van der Waals surface area contributed by atoms with Crippen molar-refractivity contribution in [3.05, 3.63) is 29.8 Å². The Morgan fingerprint density at radius 2 is 1.89 bits per heavy atom. The van der Waals surface area contributed by atoms with Gasteiger partial charge in [-0.3, -0.25) is 0 Å². The van der Waals surface area contributed by atoms with Crippen LogP contribution in [0.3, 0.4) is 0 Å². The lowest BCUT2D eigenvalue weighted by atomic mass is 10.2. The van der Waals surface area contributed by atoms with Crippen LogP contribution >= 0.6 is 0 Å². The maximum atomic E-state index is 13.0. The molecule has 96 valence electrons. The molecule has 0 atom stereocenters. The van der Waals surface area contributed by atoms with E-state index in [1.807, 2.05) is 13.8 Å². The smallest absolute Gasteiger partial charge is 0.321 e. The van der Waals surface area contributed by atoms with Crippen LogP contribution in [0.1, 0.15) is 13.8 Å². The molecule has 6 heteroatoms. The lowest BCUT2D eigenvalue weighted by Crippen LogP contribution is -2.07. The van der Waals surface area contributed by atoms with E-state index in [4.69, 9.17) is 4.52 Å². The van der Waals surface area contributed by atoms with Gasteiger partial charge in [0, 0.05) is 18.2 Å². The highest BCUT2D eigenvalue weighted by Gasteiger charge is 2.10. The summed E-state index contributed by atoms with van der Waals surface area (Å²) < 4.78 is 31.0. The Bertz CT molecular complexity index is 520. The molecule has 1 heterocycles. The van der Waals surface area contributed by atoms with Gasteiger partial charge in [0.2, 0.25) is 5.82 Å². The van der Waals surface area contributed by atoms with Crippen molar-refractivity contribution in [3.8, 4) is 11.4 Å². The van der Waals surface area contributed by atoms with Crippen molar-refractivity contribution in [1.29, 1.82) is 0 Å². The summed E-state index contributed by atoms with van der Waals surface area (Å²) in [6, 6.07) is 3.34. The standard InChI is InChI=1S/C12H13F2N3O/c1-7(2)6-15-12-16-11(17-18-12)8-3-9(13)5-10(14)4-8/h3-5,7H,6H2,1-2H3,(H,15,16,17). The summed E-state index contributed by atoms with van der Waals surface area (Å²) in [7, 11) is 0. The van der Waals surface area contributed by atoms with Crippen LogP contribution in [-0.4, -0.2) is 16.7 Å². The predicted octanol–water partition coefficient (Wildman–Crippen LogP) is 3.08. The van der Waals surface area contributed by atoms with E-state index in [1.54, 1.807) is 0 Å². The number of hydrogen-bond donors (Lipinski definition) is 1. The average molecular weight is 253 g/mol. The second kappa shape index (κ2) is 5.12. The van der Waals surface area contributed by atoms with Crippen molar-refractivity contribution in [2.24, 2.45) is 5.92 Å². The van der Waals surface area contributed by atoms with Crippen LogP contribution in [0, 0.1) is 17.6 Å². The highest BCUT2D eigenvalue weighted by Crippen LogP contribution is 2.20. The van der Waals surface area contributed by atoms with Crippen molar-refractivity contribution in [2.45, 2.75) is 13.8 Å². The molecule has 2 rings (SSSR count). The zero-order chi connectivity index (χ0) is 13.1. The Labute approximate surface area is 103 Å². The second-order valence-corrected chi connectivity index (χ2v) is 4.36. The molecule has 2 aromatic rings. The molecule has 0 spiro atoms. The molecule has 1 aromatic carbocycles. The number of nitrogens with zero attached hydrogens (tertiary/aromatic N) is 2. The number of hydrogen-bond acceptors (Lipinski definition) is 4. The van der Waals surface area contributed by atoms with E-state index in [2.05, 4.69) is 15.5 Å². The van der Waals surface area contributed by atoms with E-state index in [0.29, 0.717) is 12.5 Å². The number of nitrogens with one attached hydrogen (secondary N) is 1. The van der Waals surface area contributed by atoms with Gasteiger partial charge in [0.25, 0.3) is 0 Å². The summed E-state index contributed by atoms with van der Waals surface area (Å²) in [5.74, 6) is -0.774. The summed E-state index contributed by atoms with van der Waals surface area (Å²) in [5.41, 5.74) is 0.244. The molecule has 0 aliphatic heterocycles. The average Bonchev–Trinajstić information content (AvgIpc) is 2.73. The van der Waals surface area contributed by atoms with E-state index in [-0.39, 0.29) is 17.4 Å². The minimum Gasteiger partial charge on any atom is -0.337 e. The Balaban J connectivity index is 2.18. The van der Waals surface area contributed by atoms with Gasteiger partial charge in [-0.05, 0) is 18.1 Å². The van der Waals surface area contributed by atoms with E-state index in [1.165, 1.54) is 0 Å². The molecule has 0 amide bonds. The topological polar surface area (TPSA) is 51.0 Å². The zero-order valence-electron chi connectivity index (χ0n) is 10.1. The summed E-state index contributed by atoms with van der Waals surface area (Å²) >= 11 is 0. The second-order valence-electron chi connectivity index (χ2n) is 4.36. The van der Waals surface area contributed by atoms with Crippen molar-refractivity contribution in [2.75, 3.05) is 11.9 Å². The minimum absolute atomic E-state index is 0.152. The lowest BCUT2D eigenvalue weighted by Gasteiger charge is -2.02. The van der Waals surface area contributed by atoms with Gasteiger partial charge < -0.3 is 9.84 Å². The largest absolute Gasteiger partial charge is 0.337 e. The molecule has 0 radical (unpaired) electrons. The number of rotatable bonds is 4. The molecular weight excluding hydrogens is 240 g/mol. The monoisotopic (exact) mass is 253 g/mol. The Morgan fingerprint density at radius 3 is 2.50 bits per heavy atom. The molecule has 18 heavy (non-hydrogen) atoms. The number of anilines is 1. The molecule has 4 nitrogen and oxygen atoms in total. The molecule has 1 aromatic heterocycles. The van der Waals surface area contributed by atoms with Crippen LogP contribution in [-0.2, 0) is 0 Å². The van der Waals surface area contributed by atoms with E-state index in [9.17, 15) is 8.78 Å². The fourth-order valence-corrected chi connectivity index (χ4v) is 1.39. The molecule has 0 saturated heterocycles. The van der Waals surface area contributed by atoms with Gasteiger partial charge in [-0.1, -0.05) is 19.0 Å². The molecule has 0 saturated carbocycles. The maximum absolute atomic E-state index is 13.0. The van der Waals surface area contributed by atoms with Gasteiger partial charge in [-0.25, -0.2) is 8.78 Å². The first-order chi connectivity index (χ1) is 8.54. The normalized spacial score (nSPS) is 10.9. The van der Waals surface area contributed by atoms with Crippen LogP contribution in [0.5, 0.6) is 0 Å². The third kappa shape index (κ3) is 3.03. The van der Waals surface area contributed by atoms with Crippen LogP contribution in [0.15, 0.2) is 22.7 Å². The summed E-state index contributed by atoms with van der Waals surface area (Å²) in [6.07, 6.45) is 0. The Kier molecular flexibility index (Phi) is 3.55. The molecule has 0 unspecified atom stereocenters. The van der Waals surface area contributed by atoms with E-state index >= 15 is 0 Å². The zero-order valence-corrected chi connectivity index (χ0v) is 10.1. The first-order valence-corrected chi connectivity index (χ1v) is 5.58. The van der Waals surface area contributed by atoms with E-state index < -0.39 is 11.6 Å². The Morgan fingerprint density at radius 1 is 1.22 bits per heavy atom. The van der Waals surface area contributed by atoms with E-state index in [0.717, 1.165) is 18.2 Å². The van der Waals surface area contributed by atoms with Crippen LogP contribution in [0.25, 0.3) is 11.4 Å². The van der Waals surface area contributed by atoms with Gasteiger partial charge in [0.15, 0.2) is 0 Å². The van der Waals surface area contributed by atoms with Crippen molar-refractivity contribution in [1.82, 2.24) is 10.1 Å². The van der Waals surface area contributed by atoms with Gasteiger partial charge in [-0.15, -0.1) is 0 Å². The number of aromatic nitrogens is 2. The van der Waals surface area contributed by atoms with Crippen molar-refractivity contribution >= 4 is 6.01 Å². The third-order valence-corrected chi connectivity index (χ3v) is 2.21. The third-order valence-electron chi connectivity index (χ3n) is 2.21. The summed E-state index contributed by atoms with van der Waals surface area (Å²) in [6.45, 7) is 4.75. The van der Waals surface area contributed by atoms with Crippen LogP contribution in [0.4, 0.5) is 14.8 Å². The molecule has 0 bridgehead atoms. The SMILES string of the molecule is CC(C)CNc1nc(-c2cc(F)cc(F)c2)no1. The van der Waals surface area contributed by atoms with Crippen LogP contribution in [0.2, 0.25) is 0 Å². The summed E-state index contributed by atoms with van der Waals surface area (Å²) in [5, 5.41) is 6.60. The first kappa shape index (κ1) is 12.5. The van der Waals surface area contributed by atoms with Crippen LogP contribution < -0.4 is 5.32 Å². The predicted molar refractivity (Wildman–Crippen MR) is 63.0 cm³/mol. The molecule has 0 aliphatic rings. The number of benzene rings is 1. The highest BCUT2D eigenvalue weighted by molar-refractivity contribution is 5.55. The van der Waals surface area contributed by atoms with Gasteiger partial charge in [0.1, 0.15) is 11.6 Å². The fourth-order valence-electron chi connectivity index (χ4n) is 1.39. The molecular formula is C12H13F2N3O. The fraction of sp³-hybridized carbons (Fsp3) is 0.333. The minimum atomic E-state index is -0.675. The van der Waals surface area contributed by atoms with Gasteiger partial charge >= 0.3 is 6.01 Å². The van der Waals surface area contributed by atoms with Crippen molar-refractivity contribution < 1.29 is 13.3 Å². The summed E-state index contributed by atoms with van der Waals surface area (Å²) in [4.78, 5) is 4.01. The van der Waals surface area contributed by atoms with Gasteiger partial charge in [-0.2, -0.15) is 4.98 Å². The van der Waals surface area contributed by atoms with Crippen molar-refractivity contribution in [3.63, 3.8) is 0 Å². The molecule has 0 fully saturated rings. The van der Waals surface area contributed by atoms with Gasteiger partial charge in [0.05, 0.1) is 0 Å². The highest BCUT2D eigenvalue weighted by atomic mass is 19.1.